The number of likely N-dealkylation sites (N-methyl/N-ethyl adjacent to an activating group) is 1. The first-order chi connectivity index (χ1) is 6.66. The third-order valence-corrected chi connectivity index (χ3v) is 2.83. The van der Waals surface area contributed by atoms with Crippen LogP contribution >= 0.6 is 0 Å². The van der Waals surface area contributed by atoms with Gasteiger partial charge in [-0.25, -0.2) is 0 Å². The van der Waals surface area contributed by atoms with Gasteiger partial charge in [-0.2, -0.15) is 0 Å². The van der Waals surface area contributed by atoms with Crippen molar-refractivity contribution in [3.8, 4) is 0 Å². The number of fused-ring (bicyclic) bond motifs is 1. The predicted molar refractivity (Wildman–Crippen MR) is 60.8 cm³/mol. The lowest BCUT2D eigenvalue weighted by Gasteiger charge is -2.12. The summed E-state index contributed by atoms with van der Waals surface area (Å²) in [5, 5.41) is 0. The molecule has 1 heterocycles. The third-order valence-electron chi connectivity index (χ3n) is 2.83. The van der Waals surface area contributed by atoms with Crippen molar-refractivity contribution < 1.29 is 0 Å². The SMILES string of the molecule is CC(N)Cc1ccc2c(c1)CCN2C. The fourth-order valence-electron chi connectivity index (χ4n) is 2.12. The number of benzene rings is 1. The molecule has 0 bridgehead atoms. The minimum atomic E-state index is 0.257. The van der Waals surface area contributed by atoms with Gasteiger partial charge in [-0.15, -0.1) is 0 Å². The van der Waals surface area contributed by atoms with Crippen LogP contribution in [0.4, 0.5) is 5.69 Å². The van der Waals surface area contributed by atoms with E-state index in [4.69, 9.17) is 5.73 Å². The lowest BCUT2D eigenvalue weighted by molar-refractivity contribution is 0.737. The normalized spacial score (nSPS) is 16.9. The van der Waals surface area contributed by atoms with Gasteiger partial charge < -0.3 is 10.6 Å². The highest BCUT2D eigenvalue weighted by atomic mass is 15.1. The summed E-state index contributed by atoms with van der Waals surface area (Å²) in [5.41, 5.74) is 10.0. The maximum Gasteiger partial charge on any atom is 0.0397 e. The lowest BCUT2D eigenvalue weighted by Crippen LogP contribution is -2.17. The van der Waals surface area contributed by atoms with Gasteiger partial charge in [-0.05, 0) is 37.0 Å². The number of nitrogens with zero attached hydrogens (tertiary/aromatic N) is 1. The molecule has 76 valence electrons. The van der Waals surface area contributed by atoms with E-state index in [0.29, 0.717) is 0 Å². The van der Waals surface area contributed by atoms with Crippen LogP contribution in [0.2, 0.25) is 0 Å². The fourth-order valence-corrected chi connectivity index (χ4v) is 2.12. The minimum Gasteiger partial charge on any atom is -0.374 e. The van der Waals surface area contributed by atoms with Crippen LogP contribution in [0.5, 0.6) is 0 Å². The van der Waals surface area contributed by atoms with E-state index in [1.807, 2.05) is 0 Å². The second-order valence-electron chi connectivity index (χ2n) is 4.32. The molecule has 1 aromatic carbocycles. The zero-order valence-corrected chi connectivity index (χ0v) is 8.96. The summed E-state index contributed by atoms with van der Waals surface area (Å²) in [6.07, 6.45) is 2.16. The Bertz CT molecular complexity index is 331. The standard InChI is InChI=1S/C12H18N2/c1-9(13)7-10-3-4-12-11(8-10)5-6-14(12)2/h3-4,8-9H,5-7,13H2,1-2H3. The van der Waals surface area contributed by atoms with Crippen molar-refractivity contribution in [2.24, 2.45) is 5.73 Å². The molecule has 0 fully saturated rings. The Kier molecular flexibility index (Phi) is 2.46. The van der Waals surface area contributed by atoms with Crippen molar-refractivity contribution in [1.82, 2.24) is 0 Å². The molecule has 0 saturated carbocycles. The summed E-state index contributed by atoms with van der Waals surface area (Å²) < 4.78 is 0. The van der Waals surface area contributed by atoms with Gasteiger partial charge in [-0.3, -0.25) is 0 Å². The fraction of sp³-hybridized carbons (Fsp3) is 0.500. The molecule has 0 saturated heterocycles. The van der Waals surface area contributed by atoms with E-state index < -0.39 is 0 Å². The molecule has 1 aromatic rings. The Morgan fingerprint density at radius 1 is 1.50 bits per heavy atom. The number of hydrogen-bond acceptors (Lipinski definition) is 2. The number of nitrogens with two attached hydrogens (primary N) is 1. The van der Waals surface area contributed by atoms with Crippen LogP contribution in [0.3, 0.4) is 0 Å². The number of hydrogen-bond donors (Lipinski definition) is 1. The van der Waals surface area contributed by atoms with Gasteiger partial charge in [0.2, 0.25) is 0 Å². The van der Waals surface area contributed by atoms with Crippen LogP contribution in [0.15, 0.2) is 18.2 Å². The molecule has 0 amide bonds. The lowest BCUT2D eigenvalue weighted by atomic mass is 10.0. The van der Waals surface area contributed by atoms with Crippen LogP contribution in [-0.2, 0) is 12.8 Å². The second-order valence-corrected chi connectivity index (χ2v) is 4.32. The summed E-state index contributed by atoms with van der Waals surface area (Å²) in [4.78, 5) is 2.31. The maximum absolute atomic E-state index is 5.79. The molecule has 2 heteroatoms. The molecule has 1 atom stereocenters. The first-order valence-electron chi connectivity index (χ1n) is 5.25. The van der Waals surface area contributed by atoms with Crippen molar-refractivity contribution >= 4 is 5.69 Å². The largest absolute Gasteiger partial charge is 0.374 e. The molecule has 2 rings (SSSR count). The van der Waals surface area contributed by atoms with E-state index in [2.05, 4.69) is 37.1 Å². The molecule has 2 nitrogen and oxygen atoms in total. The topological polar surface area (TPSA) is 29.3 Å². The molecular formula is C12H18N2. The van der Waals surface area contributed by atoms with E-state index in [0.717, 1.165) is 13.0 Å². The van der Waals surface area contributed by atoms with Crippen LogP contribution in [0.1, 0.15) is 18.1 Å². The van der Waals surface area contributed by atoms with Crippen LogP contribution in [0, 0.1) is 0 Å². The molecule has 2 N–H and O–H groups in total. The van der Waals surface area contributed by atoms with Gasteiger partial charge >= 0.3 is 0 Å². The van der Waals surface area contributed by atoms with E-state index in [-0.39, 0.29) is 6.04 Å². The van der Waals surface area contributed by atoms with Gasteiger partial charge in [0, 0.05) is 25.3 Å². The molecule has 0 spiro atoms. The second kappa shape index (κ2) is 3.62. The van der Waals surface area contributed by atoms with E-state index in [1.54, 1.807) is 0 Å². The van der Waals surface area contributed by atoms with Crippen LogP contribution in [-0.4, -0.2) is 19.6 Å². The summed E-state index contributed by atoms with van der Waals surface area (Å²) in [6, 6.07) is 6.99. The van der Waals surface area contributed by atoms with Gasteiger partial charge in [0.25, 0.3) is 0 Å². The molecular weight excluding hydrogens is 172 g/mol. The third kappa shape index (κ3) is 1.75. The molecule has 0 aliphatic carbocycles. The van der Waals surface area contributed by atoms with Crippen molar-refractivity contribution in [2.45, 2.75) is 25.8 Å². The summed E-state index contributed by atoms with van der Waals surface area (Å²) in [6.45, 7) is 3.20. The Hall–Kier alpha value is -1.02. The summed E-state index contributed by atoms with van der Waals surface area (Å²) in [7, 11) is 2.15. The zero-order chi connectivity index (χ0) is 10.1. The Labute approximate surface area is 85.7 Å². The first-order valence-corrected chi connectivity index (χ1v) is 5.25. The van der Waals surface area contributed by atoms with Gasteiger partial charge in [0.1, 0.15) is 0 Å². The highest BCUT2D eigenvalue weighted by Gasteiger charge is 2.15. The molecule has 0 radical (unpaired) electrons. The zero-order valence-electron chi connectivity index (χ0n) is 8.96. The summed E-state index contributed by atoms with van der Waals surface area (Å²) >= 11 is 0. The Morgan fingerprint density at radius 2 is 2.29 bits per heavy atom. The van der Waals surface area contributed by atoms with Crippen molar-refractivity contribution in [3.05, 3.63) is 29.3 Å². The van der Waals surface area contributed by atoms with E-state index >= 15 is 0 Å². The quantitative estimate of drug-likeness (QED) is 0.767. The van der Waals surface area contributed by atoms with Gasteiger partial charge in [0.15, 0.2) is 0 Å². The molecule has 1 aliphatic heterocycles. The Morgan fingerprint density at radius 3 is 3.00 bits per heavy atom. The maximum atomic E-state index is 5.79. The average Bonchev–Trinajstić information content (AvgIpc) is 2.46. The summed E-state index contributed by atoms with van der Waals surface area (Å²) in [5.74, 6) is 0. The first kappa shape index (κ1) is 9.53. The van der Waals surface area contributed by atoms with Crippen LogP contribution in [0.25, 0.3) is 0 Å². The van der Waals surface area contributed by atoms with E-state index in [1.165, 1.54) is 23.2 Å². The molecule has 0 aromatic heterocycles. The number of rotatable bonds is 2. The molecule has 14 heavy (non-hydrogen) atoms. The van der Waals surface area contributed by atoms with Gasteiger partial charge in [0.05, 0.1) is 0 Å². The van der Waals surface area contributed by atoms with Crippen molar-refractivity contribution in [3.63, 3.8) is 0 Å². The predicted octanol–water partition coefficient (Wildman–Crippen LogP) is 1.57. The van der Waals surface area contributed by atoms with Crippen molar-refractivity contribution in [1.29, 1.82) is 0 Å². The number of anilines is 1. The monoisotopic (exact) mass is 190 g/mol. The van der Waals surface area contributed by atoms with Crippen molar-refractivity contribution in [2.75, 3.05) is 18.5 Å². The highest BCUT2D eigenvalue weighted by molar-refractivity contribution is 5.58. The highest BCUT2D eigenvalue weighted by Crippen LogP contribution is 2.27. The smallest absolute Gasteiger partial charge is 0.0397 e. The molecule has 1 unspecified atom stereocenters. The average molecular weight is 190 g/mol. The minimum absolute atomic E-state index is 0.257. The van der Waals surface area contributed by atoms with E-state index in [9.17, 15) is 0 Å². The Balaban J connectivity index is 2.24. The molecule has 1 aliphatic rings. The van der Waals surface area contributed by atoms with Crippen LogP contribution < -0.4 is 10.6 Å². The van der Waals surface area contributed by atoms with Gasteiger partial charge in [-0.1, -0.05) is 12.1 Å².